The first-order valence-corrected chi connectivity index (χ1v) is 11.3. The van der Waals surface area contributed by atoms with Crippen LogP contribution in [0, 0.1) is 5.41 Å². The Bertz CT molecular complexity index is 777. The number of nitrogens with zero attached hydrogens (tertiary/aromatic N) is 1. The van der Waals surface area contributed by atoms with E-state index in [1.165, 1.54) is 13.8 Å². The van der Waals surface area contributed by atoms with Gasteiger partial charge >= 0.3 is 17.9 Å². The predicted octanol–water partition coefficient (Wildman–Crippen LogP) is -1.39. The van der Waals surface area contributed by atoms with Crippen LogP contribution in [0.1, 0.15) is 20.3 Å². The molecule has 0 radical (unpaired) electrons. The molecule has 1 aliphatic rings. The topological polar surface area (TPSA) is 154 Å². The molecule has 0 spiro atoms. The highest BCUT2D eigenvalue weighted by Gasteiger charge is 2.41. The summed E-state index contributed by atoms with van der Waals surface area (Å²) < 4.78 is 15.5. The second kappa shape index (κ2) is 12.5. The summed E-state index contributed by atoms with van der Waals surface area (Å²) in [6.07, 6.45) is -1.54. The third-order valence-electron chi connectivity index (χ3n) is 4.39. The Kier molecular flexibility index (Phi) is 10.8. The standard InChI is InChI=1S/C20H31N3O9S/c1-20(2,12-31-17(27)16(26)30-10-9-23(3,4)5)14-15(25)22-7-6-13(24)21-8-11-33-19(29)18(28)32-14/h14H,6-12H2,1-5H3,(H-,21,22,24,25)/p+1/t14-/m0/s1. The van der Waals surface area contributed by atoms with Crippen LogP contribution in [-0.2, 0) is 43.0 Å². The van der Waals surface area contributed by atoms with Crippen LogP contribution in [0.5, 0.6) is 0 Å². The number of carbonyl (C=O) groups excluding carboxylic acids is 6. The van der Waals surface area contributed by atoms with E-state index in [1.54, 1.807) is 0 Å². The van der Waals surface area contributed by atoms with Crippen LogP contribution in [-0.4, -0.2) is 105 Å². The van der Waals surface area contributed by atoms with Crippen molar-refractivity contribution in [2.75, 3.05) is 59.7 Å². The van der Waals surface area contributed by atoms with E-state index in [1.807, 2.05) is 21.1 Å². The largest absolute Gasteiger partial charge is 0.457 e. The lowest BCUT2D eigenvalue weighted by molar-refractivity contribution is -0.870. The number of hydrogen-bond donors (Lipinski definition) is 2. The minimum Gasteiger partial charge on any atom is -0.457 e. The lowest BCUT2D eigenvalue weighted by atomic mass is 9.86. The lowest BCUT2D eigenvalue weighted by Gasteiger charge is -2.31. The van der Waals surface area contributed by atoms with E-state index >= 15 is 0 Å². The van der Waals surface area contributed by atoms with Crippen molar-refractivity contribution in [3.63, 3.8) is 0 Å². The number of nitrogens with one attached hydrogen (secondary N) is 2. The number of hydrogen-bond acceptors (Lipinski definition) is 10. The van der Waals surface area contributed by atoms with Crippen molar-refractivity contribution in [1.82, 2.24) is 10.6 Å². The maximum atomic E-state index is 12.7. The smallest absolute Gasteiger partial charge is 0.417 e. The van der Waals surface area contributed by atoms with Crippen molar-refractivity contribution < 1.29 is 47.5 Å². The van der Waals surface area contributed by atoms with Gasteiger partial charge in [0.15, 0.2) is 6.10 Å². The van der Waals surface area contributed by atoms with E-state index < -0.39 is 47.1 Å². The van der Waals surface area contributed by atoms with E-state index in [0.29, 0.717) is 22.8 Å². The number of ether oxygens (including phenoxy) is 3. The summed E-state index contributed by atoms with van der Waals surface area (Å²) >= 11 is 0.645. The molecule has 0 unspecified atom stereocenters. The molecular formula is C20H32N3O9S+. The highest BCUT2D eigenvalue weighted by atomic mass is 32.2. The van der Waals surface area contributed by atoms with Gasteiger partial charge in [0, 0.05) is 30.7 Å². The number of likely N-dealkylation sites (N-methyl/N-ethyl adjacent to an activating group) is 1. The normalized spacial score (nSPS) is 19.1. The zero-order chi connectivity index (χ0) is 25.2. The van der Waals surface area contributed by atoms with E-state index in [9.17, 15) is 28.8 Å². The number of rotatable bonds is 6. The average Bonchev–Trinajstić information content (AvgIpc) is 2.71. The second-order valence-electron chi connectivity index (χ2n) is 9.03. The third kappa shape index (κ3) is 10.7. The van der Waals surface area contributed by atoms with Crippen LogP contribution in [0.2, 0.25) is 0 Å². The molecule has 1 aliphatic heterocycles. The van der Waals surface area contributed by atoms with Crippen LogP contribution in [0.25, 0.3) is 0 Å². The van der Waals surface area contributed by atoms with Crippen LogP contribution < -0.4 is 10.6 Å². The van der Waals surface area contributed by atoms with Gasteiger partial charge in [-0.25, -0.2) is 14.4 Å². The Labute approximate surface area is 196 Å². The Balaban J connectivity index is 2.82. The summed E-state index contributed by atoms with van der Waals surface area (Å²) in [5, 5.41) is 4.09. The minimum absolute atomic E-state index is 0.0107. The molecule has 1 fully saturated rings. The van der Waals surface area contributed by atoms with Gasteiger partial charge in [0.05, 0.1) is 21.1 Å². The molecular weight excluding hydrogens is 458 g/mol. The first-order valence-electron chi connectivity index (χ1n) is 10.3. The van der Waals surface area contributed by atoms with E-state index in [0.717, 1.165) is 0 Å². The van der Waals surface area contributed by atoms with Gasteiger partial charge in [0.1, 0.15) is 19.8 Å². The van der Waals surface area contributed by atoms with Crippen molar-refractivity contribution in [1.29, 1.82) is 0 Å². The fourth-order valence-corrected chi connectivity index (χ4v) is 3.01. The van der Waals surface area contributed by atoms with Crippen molar-refractivity contribution >= 4 is 46.6 Å². The quantitative estimate of drug-likeness (QED) is 0.197. The van der Waals surface area contributed by atoms with Gasteiger partial charge in [0.25, 0.3) is 11.0 Å². The van der Waals surface area contributed by atoms with Gasteiger partial charge in [0.2, 0.25) is 5.91 Å². The Morgan fingerprint density at radius 2 is 1.70 bits per heavy atom. The van der Waals surface area contributed by atoms with Gasteiger partial charge in [-0.05, 0) is 0 Å². The summed E-state index contributed by atoms with van der Waals surface area (Å²) in [4.78, 5) is 72.4. The molecule has 2 N–H and O–H groups in total. The Hall–Kier alpha value is -2.67. The number of esters is 3. The maximum Gasteiger partial charge on any atom is 0.417 e. The number of thioether (sulfide) groups is 1. The summed E-state index contributed by atoms with van der Waals surface area (Å²) in [5.74, 6) is -4.64. The third-order valence-corrected chi connectivity index (χ3v) is 5.22. The van der Waals surface area contributed by atoms with E-state index in [4.69, 9.17) is 14.2 Å². The monoisotopic (exact) mass is 490 g/mol. The van der Waals surface area contributed by atoms with Crippen LogP contribution in [0.15, 0.2) is 0 Å². The summed E-state index contributed by atoms with van der Waals surface area (Å²) in [5.41, 5.74) is -1.31. The fourth-order valence-electron chi connectivity index (χ4n) is 2.45. The van der Waals surface area contributed by atoms with E-state index in [2.05, 4.69) is 10.6 Å². The zero-order valence-corrected chi connectivity index (χ0v) is 20.4. The molecule has 2 amide bonds. The minimum atomic E-state index is -1.53. The number of cyclic esters (lactones) is 1. The highest BCUT2D eigenvalue weighted by Crippen LogP contribution is 2.25. The van der Waals surface area contributed by atoms with Crippen molar-refractivity contribution in [2.24, 2.45) is 5.41 Å². The molecule has 12 nitrogen and oxygen atoms in total. The predicted molar refractivity (Wildman–Crippen MR) is 117 cm³/mol. The molecule has 0 aromatic carbocycles. The van der Waals surface area contributed by atoms with Gasteiger partial charge < -0.3 is 29.3 Å². The van der Waals surface area contributed by atoms with Gasteiger partial charge in [-0.2, -0.15) is 0 Å². The molecule has 1 rings (SSSR count). The molecule has 0 saturated carbocycles. The molecule has 33 heavy (non-hydrogen) atoms. The summed E-state index contributed by atoms with van der Waals surface area (Å²) in [6, 6.07) is 0. The Morgan fingerprint density at radius 1 is 1.06 bits per heavy atom. The summed E-state index contributed by atoms with van der Waals surface area (Å²) in [6.45, 7) is 3.07. The number of carbonyl (C=O) groups is 6. The molecule has 186 valence electrons. The van der Waals surface area contributed by atoms with Crippen LogP contribution >= 0.6 is 11.8 Å². The molecule has 1 atom stereocenters. The molecule has 0 aromatic heterocycles. The second-order valence-corrected chi connectivity index (χ2v) is 10.1. The SMILES string of the molecule is CC(C)(COC(=O)C(=O)OCC[N+](C)(C)C)[C@H]1OC(=O)C(=O)SCCNC(=O)CCNC1=O. The molecule has 0 bridgehead atoms. The average molecular weight is 491 g/mol. The lowest BCUT2D eigenvalue weighted by Crippen LogP contribution is -2.50. The van der Waals surface area contributed by atoms with Crippen molar-refractivity contribution in [3.05, 3.63) is 0 Å². The van der Waals surface area contributed by atoms with Crippen LogP contribution in [0.4, 0.5) is 0 Å². The molecule has 13 heteroatoms. The van der Waals surface area contributed by atoms with Crippen molar-refractivity contribution in [3.8, 4) is 0 Å². The van der Waals surface area contributed by atoms with Gasteiger partial charge in [-0.15, -0.1) is 0 Å². The first-order chi connectivity index (χ1) is 15.2. The maximum absolute atomic E-state index is 12.7. The van der Waals surface area contributed by atoms with Crippen LogP contribution in [0.3, 0.4) is 0 Å². The highest BCUT2D eigenvalue weighted by molar-refractivity contribution is 8.15. The Morgan fingerprint density at radius 3 is 2.33 bits per heavy atom. The summed E-state index contributed by atoms with van der Waals surface area (Å²) in [7, 11) is 5.67. The number of quaternary nitrogens is 1. The van der Waals surface area contributed by atoms with Crippen molar-refractivity contribution in [2.45, 2.75) is 26.4 Å². The fraction of sp³-hybridized carbons (Fsp3) is 0.700. The zero-order valence-electron chi connectivity index (χ0n) is 19.6. The van der Waals surface area contributed by atoms with Gasteiger partial charge in [-0.3, -0.25) is 14.4 Å². The number of amides is 2. The molecule has 1 saturated heterocycles. The molecule has 0 aliphatic carbocycles. The molecule has 0 aromatic rings. The van der Waals surface area contributed by atoms with E-state index in [-0.39, 0.29) is 37.8 Å². The first kappa shape index (κ1) is 28.4. The van der Waals surface area contributed by atoms with Gasteiger partial charge in [-0.1, -0.05) is 25.6 Å². The molecule has 1 heterocycles.